The Labute approximate surface area is 81.7 Å². The van der Waals surface area contributed by atoms with Crippen molar-refractivity contribution in [1.29, 1.82) is 0 Å². The summed E-state index contributed by atoms with van der Waals surface area (Å²) in [7, 11) is 1.31. The molecule has 1 aromatic heterocycles. The number of aliphatic hydroxyl groups is 1. The molecule has 0 fully saturated rings. The molecule has 0 saturated heterocycles. The Bertz CT molecular complexity index is 315. The SMILES string of the molecule is COC(=O)c1cccnc1NCCO. The Morgan fingerprint density at radius 2 is 2.50 bits per heavy atom. The van der Waals surface area contributed by atoms with E-state index in [1.165, 1.54) is 7.11 Å². The zero-order valence-corrected chi connectivity index (χ0v) is 7.86. The van der Waals surface area contributed by atoms with Gasteiger partial charge in [-0.25, -0.2) is 9.78 Å². The second-order valence-electron chi connectivity index (χ2n) is 2.54. The third-order valence-electron chi connectivity index (χ3n) is 1.62. The molecular weight excluding hydrogens is 184 g/mol. The maximum absolute atomic E-state index is 11.2. The smallest absolute Gasteiger partial charge is 0.341 e. The maximum atomic E-state index is 11.2. The quantitative estimate of drug-likeness (QED) is 0.676. The van der Waals surface area contributed by atoms with E-state index in [2.05, 4.69) is 15.0 Å². The molecule has 5 nitrogen and oxygen atoms in total. The van der Waals surface area contributed by atoms with Crippen LogP contribution in [0.4, 0.5) is 5.82 Å². The summed E-state index contributed by atoms with van der Waals surface area (Å²) in [6.07, 6.45) is 1.56. The fourth-order valence-electron chi connectivity index (χ4n) is 0.995. The van der Waals surface area contributed by atoms with Crippen LogP contribution < -0.4 is 5.32 Å². The Morgan fingerprint density at radius 3 is 3.14 bits per heavy atom. The van der Waals surface area contributed by atoms with E-state index >= 15 is 0 Å². The van der Waals surface area contributed by atoms with Gasteiger partial charge in [-0.2, -0.15) is 0 Å². The fourth-order valence-corrected chi connectivity index (χ4v) is 0.995. The Balaban J connectivity index is 2.85. The number of nitrogens with zero attached hydrogens (tertiary/aromatic N) is 1. The minimum atomic E-state index is -0.446. The highest BCUT2D eigenvalue weighted by molar-refractivity contribution is 5.94. The lowest BCUT2D eigenvalue weighted by molar-refractivity contribution is 0.0601. The lowest BCUT2D eigenvalue weighted by Crippen LogP contribution is -2.12. The summed E-state index contributed by atoms with van der Waals surface area (Å²) in [5.41, 5.74) is 0.364. The molecule has 1 heterocycles. The monoisotopic (exact) mass is 196 g/mol. The van der Waals surface area contributed by atoms with Gasteiger partial charge in [-0.05, 0) is 12.1 Å². The van der Waals surface area contributed by atoms with E-state index in [1.54, 1.807) is 18.3 Å². The van der Waals surface area contributed by atoms with Crippen LogP contribution in [0, 0.1) is 0 Å². The molecule has 76 valence electrons. The van der Waals surface area contributed by atoms with Gasteiger partial charge in [0.15, 0.2) is 0 Å². The van der Waals surface area contributed by atoms with E-state index in [4.69, 9.17) is 5.11 Å². The van der Waals surface area contributed by atoms with Crippen molar-refractivity contribution < 1.29 is 14.6 Å². The van der Waals surface area contributed by atoms with Crippen LogP contribution in [0.25, 0.3) is 0 Å². The number of nitrogens with one attached hydrogen (secondary N) is 1. The third kappa shape index (κ3) is 2.43. The van der Waals surface area contributed by atoms with E-state index in [0.29, 0.717) is 17.9 Å². The topological polar surface area (TPSA) is 71.5 Å². The number of pyridine rings is 1. The molecule has 0 radical (unpaired) electrons. The van der Waals surface area contributed by atoms with E-state index in [-0.39, 0.29) is 6.61 Å². The average Bonchev–Trinajstić information content (AvgIpc) is 2.25. The number of anilines is 1. The average molecular weight is 196 g/mol. The molecule has 0 spiro atoms. The number of rotatable bonds is 4. The summed E-state index contributed by atoms with van der Waals surface area (Å²) in [5.74, 6) is -0.0214. The lowest BCUT2D eigenvalue weighted by atomic mass is 10.2. The number of carbonyl (C=O) groups excluding carboxylic acids is 1. The van der Waals surface area contributed by atoms with Gasteiger partial charge in [0.25, 0.3) is 0 Å². The number of hydrogen-bond acceptors (Lipinski definition) is 5. The first-order chi connectivity index (χ1) is 6.79. The standard InChI is InChI=1S/C9H12N2O3/c1-14-9(13)7-3-2-4-10-8(7)11-5-6-12/h2-4,12H,5-6H2,1H3,(H,10,11). The minimum Gasteiger partial charge on any atom is -0.465 e. The van der Waals surface area contributed by atoms with Crippen molar-refractivity contribution in [2.24, 2.45) is 0 Å². The highest BCUT2D eigenvalue weighted by Gasteiger charge is 2.11. The number of aromatic nitrogens is 1. The molecule has 0 unspecified atom stereocenters. The first-order valence-corrected chi connectivity index (χ1v) is 4.17. The highest BCUT2D eigenvalue weighted by Crippen LogP contribution is 2.11. The van der Waals surface area contributed by atoms with E-state index in [9.17, 15) is 4.79 Å². The van der Waals surface area contributed by atoms with E-state index < -0.39 is 5.97 Å². The largest absolute Gasteiger partial charge is 0.465 e. The van der Waals surface area contributed by atoms with Gasteiger partial charge in [-0.3, -0.25) is 0 Å². The fraction of sp³-hybridized carbons (Fsp3) is 0.333. The van der Waals surface area contributed by atoms with Crippen LogP contribution in [0.3, 0.4) is 0 Å². The second kappa shape index (κ2) is 5.18. The van der Waals surface area contributed by atoms with Gasteiger partial charge in [-0.1, -0.05) is 0 Å². The molecule has 0 amide bonds. The second-order valence-corrected chi connectivity index (χ2v) is 2.54. The molecule has 0 aromatic carbocycles. The number of hydrogen-bond donors (Lipinski definition) is 2. The van der Waals surface area contributed by atoms with Gasteiger partial charge >= 0.3 is 5.97 Å². The molecular formula is C9H12N2O3. The van der Waals surface area contributed by atoms with Gasteiger partial charge in [0.2, 0.25) is 0 Å². The van der Waals surface area contributed by atoms with Crippen molar-refractivity contribution in [3.05, 3.63) is 23.9 Å². The summed E-state index contributed by atoms with van der Waals surface area (Å²) in [4.78, 5) is 15.2. The third-order valence-corrected chi connectivity index (χ3v) is 1.62. The molecule has 2 N–H and O–H groups in total. The molecule has 5 heteroatoms. The normalized spacial score (nSPS) is 9.57. The van der Waals surface area contributed by atoms with Gasteiger partial charge in [0, 0.05) is 12.7 Å². The summed E-state index contributed by atoms with van der Waals surface area (Å²) in [5, 5.41) is 11.4. The van der Waals surface area contributed by atoms with Crippen LogP contribution in [-0.4, -0.2) is 36.3 Å². The van der Waals surface area contributed by atoms with Crippen molar-refractivity contribution >= 4 is 11.8 Å². The molecule has 0 aliphatic heterocycles. The van der Waals surface area contributed by atoms with Crippen molar-refractivity contribution in [3.63, 3.8) is 0 Å². The van der Waals surface area contributed by atoms with Crippen molar-refractivity contribution in [2.75, 3.05) is 25.6 Å². The van der Waals surface area contributed by atoms with Crippen LogP contribution in [0.2, 0.25) is 0 Å². The Morgan fingerprint density at radius 1 is 1.71 bits per heavy atom. The number of esters is 1. The van der Waals surface area contributed by atoms with Crippen molar-refractivity contribution in [1.82, 2.24) is 4.98 Å². The first-order valence-electron chi connectivity index (χ1n) is 4.17. The highest BCUT2D eigenvalue weighted by atomic mass is 16.5. The van der Waals surface area contributed by atoms with Crippen LogP contribution in [0.15, 0.2) is 18.3 Å². The summed E-state index contributed by atoms with van der Waals surface area (Å²) >= 11 is 0. The first kappa shape index (κ1) is 10.5. The number of aliphatic hydroxyl groups excluding tert-OH is 1. The summed E-state index contributed by atoms with van der Waals surface area (Å²) in [6.45, 7) is 0.332. The minimum absolute atomic E-state index is 0.0167. The van der Waals surface area contributed by atoms with Crippen molar-refractivity contribution in [2.45, 2.75) is 0 Å². The molecule has 0 saturated carbocycles. The lowest BCUT2D eigenvalue weighted by Gasteiger charge is -2.07. The molecule has 0 atom stereocenters. The number of ether oxygens (including phenoxy) is 1. The van der Waals surface area contributed by atoms with Crippen LogP contribution in [0.1, 0.15) is 10.4 Å². The van der Waals surface area contributed by atoms with E-state index in [1.807, 2.05) is 0 Å². The van der Waals surface area contributed by atoms with Crippen LogP contribution >= 0.6 is 0 Å². The predicted octanol–water partition coefficient (Wildman–Crippen LogP) is 0.272. The van der Waals surface area contributed by atoms with Crippen LogP contribution in [0.5, 0.6) is 0 Å². The molecule has 14 heavy (non-hydrogen) atoms. The zero-order chi connectivity index (χ0) is 10.4. The zero-order valence-electron chi connectivity index (χ0n) is 7.86. The molecule has 0 aliphatic rings. The van der Waals surface area contributed by atoms with Gasteiger partial charge in [-0.15, -0.1) is 0 Å². The Hall–Kier alpha value is -1.62. The predicted molar refractivity (Wildman–Crippen MR) is 51.2 cm³/mol. The van der Waals surface area contributed by atoms with Crippen molar-refractivity contribution in [3.8, 4) is 0 Å². The summed E-state index contributed by atoms with van der Waals surface area (Å²) < 4.78 is 4.58. The Kier molecular flexibility index (Phi) is 3.87. The molecule has 1 aromatic rings. The van der Waals surface area contributed by atoms with Gasteiger partial charge in [0.05, 0.1) is 13.7 Å². The molecule has 0 bridgehead atoms. The molecule has 0 aliphatic carbocycles. The van der Waals surface area contributed by atoms with E-state index in [0.717, 1.165) is 0 Å². The van der Waals surface area contributed by atoms with Crippen LogP contribution in [-0.2, 0) is 4.74 Å². The van der Waals surface area contributed by atoms with Gasteiger partial charge in [0.1, 0.15) is 11.4 Å². The van der Waals surface area contributed by atoms with Gasteiger partial charge < -0.3 is 15.2 Å². The number of methoxy groups -OCH3 is 1. The summed E-state index contributed by atoms with van der Waals surface area (Å²) in [6, 6.07) is 3.26. The number of carbonyl (C=O) groups is 1. The molecule has 1 rings (SSSR count). The maximum Gasteiger partial charge on any atom is 0.341 e.